The van der Waals surface area contributed by atoms with E-state index in [1.807, 2.05) is 0 Å². The number of nitrogens with one attached hydrogen (secondary N) is 1. The summed E-state index contributed by atoms with van der Waals surface area (Å²) in [5, 5.41) is 11.9. The number of rotatable bonds is 5. The predicted molar refractivity (Wildman–Crippen MR) is 75.1 cm³/mol. The summed E-state index contributed by atoms with van der Waals surface area (Å²) in [5.41, 5.74) is 2.82. The summed E-state index contributed by atoms with van der Waals surface area (Å²) in [5.74, 6) is -0.766. The number of carboxylic acids is 1. The average Bonchev–Trinajstić information content (AvgIpc) is 2.60. The van der Waals surface area contributed by atoms with Crippen molar-refractivity contribution in [1.29, 1.82) is 0 Å². The number of benzene rings is 1. The normalized spacial score (nSPS) is 17.5. The molecule has 1 aromatic carbocycles. The maximum absolute atomic E-state index is 11.0. The van der Waals surface area contributed by atoms with Crippen molar-refractivity contribution in [1.82, 2.24) is 10.2 Å². The molecule has 4 nitrogen and oxygen atoms in total. The molecule has 0 amide bonds. The van der Waals surface area contributed by atoms with Crippen molar-refractivity contribution in [2.24, 2.45) is 0 Å². The second-order valence-corrected chi connectivity index (χ2v) is 5.12. The molecule has 0 aromatic heterocycles. The Morgan fingerprint density at radius 3 is 2.84 bits per heavy atom. The van der Waals surface area contributed by atoms with Crippen molar-refractivity contribution in [3.8, 4) is 0 Å². The lowest BCUT2D eigenvalue weighted by Gasteiger charge is -2.22. The Bertz CT molecular complexity index is 434. The second-order valence-electron chi connectivity index (χ2n) is 5.12. The van der Waals surface area contributed by atoms with Crippen LogP contribution in [0.1, 0.15) is 24.0 Å². The molecular formula is C15H22N2O2. The Balaban J connectivity index is 1.94. The molecule has 1 unspecified atom stereocenters. The first-order chi connectivity index (χ1) is 9.20. The molecule has 1 aromatic rings. The maximum Gasteiger partial charge on any atom is 0.320 e. The van der Waals surface area contributed by atoms with Crippen molar-refractivity contribution >= 4 is 5.97 Å². The van der Waals surface area contributed by atoms with Gasteiger partial charge in [0.2, 0.25) is 0 Å². The van der Waals surface area contributed by atoms with Crippen LogP contribution in [-0.4, -0.2) is 42.2 Å². The van der Waals surface area contributed by atoms with Gasteiger partial charge in [-0.25, -0.2) is 0 Å². The molecule has 19 heavy (non-hydrogen) atoms. The predicted octanol–water partition coefficient (Wildman–Crippen LogP) is 1.50. The molecule has 4 heteroatoms. The van der Waals surface area contributed by atoms with Crippen LogP contribution in [0.3, 0.4) is 0 Å². The van der Waals surface area contributed by atoms with Crippen LogP contribution in [-0.2, 0) is 17.8 Å². The molecule has 2 N–H and O–H groups in total. The fourth-order valence-electron chi connectivity index (χ4n) is 2.66. The van der Waals surface area contributed by atoms with Gasteiger partial charge in [0, 0.05) is 13.1 Å². The monoisotopic (exact) mass is 262 g/mol. The van der Waals surface area contributed by atoms with Gasteiger partial charge in [-0.2, -0.15) is 0 Å². The highest BCUT2D eigenvalue weighted by atomic mass is 16.4. The van der Waals surface area contributed by atoms with E-state index in [-0.39, 0.29) is 0 Å². The van der Waals surface area contributed by atoms with Gasteiger partial charge in [-0.15, -0.1) is 0 Å². The standard InChI is InChI=1S/C15H22N2O2/c1-16-14(15(18)19)8-10-17-9-4-7-12-5-2-3-6-13(12)11-17/h2-3,5-6,14,16H,4,7-11H2,1H3,(H,18,19). The van der Waals surface area contributed by atoms with E-state index in [9.17, 15) is 4.79 Å². The van der Waals surface area contributed by atoms with Crippen LogP contribution in [0, 0.1) is 0 Å². The summed E-state index contributed by atoms with van der Waals surface area (Å²) < 4.78 is 0. The zero-order valence-electron chi connectivity index (χ0n) is 11.4. The van der Waals surface area contributed by atoms with Crippen molar-refractivity contribution in [3.05, 3.63) is 35.4 Å². The van der Waals surface area contributed by atoms with E-state index < -0.39 is 12.0 Å². The number of likely N-dealkylation sites (N-methyl/N-ethyl adjacent to an activating group) is 1. The number of nitrogens with zero attached hydrogens (tertiary/aromatic N) is 1. The molecule has 1 aliphatic rings. The third-order valence-corrected chi connectivity index (χ3v) is 3.81. The minimum atomic E-state index is -0.766. The number of fused-ring (bicyclic) bond motifs is 1. The quantitative estimate of drug-likeness (QED) is 0.844. The van der Waals surface area contributed by atoms with Gasteiger partial charge < -0.3 is 10.4 Å². The lowest BCUT2D eigenvalue weighted by Crippen LogP contribution is -2.37. The molecule has 2 rings (SSSR count). The first kappa shape index (κ1) is 14.0. The molecule has 0 bridgehead atoms. The van der Waals surface area contributed by atoms with E-state index in [0.29, 0.717) is 6.42 Å². The van der Waals surface area contributed by atoms with E-state index in [2.05, 4.69) is 34.5 Å². The number of aryl methyl sites for hydroxylation is 1. The number of carbonyl (C=O) groups is 1. The molecule has 0 spiro atoms. The molecular weight excluding hydrogens is 240 g/mol. The molecule has 0 aliphatic carbocycles. The molecule has 1 aliphatic heterocycles. The third kappa shape index (κ3) is 3.78. The van der Waals surface area contributed by atoms with Gasteiger partial charge >= 0.3 is 5.97 Å². The number of carboxylic acid groups (broad SMARTS) is 1. The SMILES string of the molecule is CNC(CCN1CCCc2ccccc2C1)C(=O)O. The number of hydrogen-bond donors (Lipinski definition) is 2. The van der Waals surface area contributed by atoms with Gasteiger partial charge in [0.25, 0.3) is 0 Å². The van der Waals surface area contributed by atoms with Crippen LogP contribution < -0.4 is 5.32 Å². The summed E-state index contributed by atoms with van der Waals surface area (Å²) in [6, 6.07) is 8.11. The number of hydrogen-bond acceptors (Lipinski definition) is 3. The van der Waals surface area contributed by atoms with Crippen molar-refractivity contribution in [2.45, 2.75) is 31.8 Å². The van der Waals surface area contributed by atoms with Gasteiger partial charge in [0.05, 0.1) is 0 Å². The van der Waals surface area contributed by atoms with Gasteiger partial charge in [0.15, 0.2) is 0 Å². The Kier molecular flexibility index (Phi) is 4.93. The molecule has 0 radical (unpaired) electrons. The lowest BCUT2D eigenvalue weighted by molar-refractivity contribution is -0.139. The molecule has 0 saturated heterocycles. The third-order valence-electron chi connectivity index (χ3n) is 3.81. The van der Waals surface area contributed by atoms with E-state index >= 15 is 0 Å². The second kappa shape index (κ2) is 6.68. The summed E-state index contributed by atoms with van der Waals surface area (Å²) >= 11 is 0. The molecule has 1 atom stereocenters. The largest absolute Gasteiger partial charge is 0.480 e. The molecule has 104 valence electrons. The maximum atomic E-state index is 11.0. The first-order valence-corrected chi connectivity index (χ1v) is 6.90. The summed E-state index contributed by atoms with van der Waals surface area (Å²) in [6.07, 6.45) is 2.92. The Morgan fingerprint density at radius 2 is 2.16 bits per heavy atom. The van der Waals surface area contributed by atoms with Crippen molar-refractivity contribution < 1.29 is 9.90 Å². The average molecular weight is 262 g/mol. The Labute approximate surface area is 114 Å². The van der Waals surface area contributed by atoms with Crippen molar-refractivity contribution in [3.63, 3.8) is 0 Å². The Morgan fingerprint density at radius 1 is 1.42 bits per heavy atom. The highest BCUT2D eigenvalue weighted by Gasteiger charge is 2.18. The van der Waals surface area contributed by atoms with E-state index in [0.717, 1.165) is 32.5 Å². The van der Waals surface area contributed by atoms with E-state index in [4.69, 9.17) is 5.11 Å². The minimum absolute atomic E-state index is 0.446. The lowest BCUT2D eigenvalue weighted by atomic mass is 10.0. The highest BCUT2D eigenvalue weighted by molar-refractivity contribution is 5.73. The summed E-state index contributed by atoms with van der Waals surface area (Å²) in [4.78, 5) is 13.3. The molecule has 1 heterocycles. The van der Waals surface area contributed by atoms with Gasteiger partial charge in [-0.1, -0.05) is 24.3 Å². The van der Waals surface area contributed by atoms with Crippen LogP contribution in [0.15, 0.2) is 24.3 Å². The van der Waals surface area contributed by atoms with E-state index in [1.165, 1.54) is 11.1 Å². The highest BCUT2D eigenvalue weighted by Crippen LogP contribution is 2.18. The van der Waals surface area contributed by atoms with Crippen LogP contribution in [0.4, 0.5) is 0 Å². The number of aliphatic carboxylic acids is 1. The topological polar surface area (TPSA) is 52.6 Å². The van der Waals surface area contributed by atoms with Crippen LogP contribution in [0.2, 0.25) is 0 Å². The van der Waals surface area contributed by atoms with Crippen LogP contribution >= 0.6 is 0 Å². The first-order valence-electron chi connectivity index (χ1n) is 6.90. The molecule has 0 saturated carbocycles. The van der Waals surface area contributed by atoms with Gasteiger partial charge in [-0.05, 0) is 44.0 Å². The zero-order valence-corrected chi connectivity index (χ0v) is 11.4. The molecule has 0 fully saturated rings. The van der Waals surface area contributed by atoms with Gasteiger partial charge in [-0.3, -0.25) is 9.69 Å². The van der Waals surface area contributed by atoms with Gasteiger partial charge in [0.1, 0.15) is 6.04 Å². The fraction of sp³-hybridized carbons (Fsp3) is 0.533. The summed E-state index contributed by atoms with van der Waals surface area (Å²) in [7, 11) is 1.70. The minimum Gasteiger partial charge on any atom is -0.480 e. The smallest absolute Gasteiger partial charge is 0.320 e. The van der Waals surface area contributed by atoms with Crippen LogP contribution in [0.25, 0.3) is 0 Å². The zero-order chi connectivity index (χ0) is 13.7. The van der Waals surface area contributed by atoms with Crippen molar-refractivity contribution in [2.75, 3.05) is 20.1 Å². The Hall–Kier alpha value is -1.39. The fourth-order valence-corrected chi connectivity index (χ4v) is 2.66. The van der Waals surface area contributed by atoms with Crippen LogP contribution in [0.5, 0.6) is 0 Å². The summed E-state index contributed by atoms with van der Waals surface area (Å²) in [6.45, 7) is 2.81. The van der Waals surface area contributed by atoms with E-state index in [1.54, 1.807) is 7.05 Å².